The Bertz CT molecular complexity index is 970. The maximum atomic E-state index is 12.4. The second-order valence-corrected chi connectivity index (χ2v) is 7.63. The highest BCUT2D eigenvalue weighted by atomic mass is 32.2. The number of rotatable bonds is 9. The molecule has 11 heteroatoms. The minimum absolute atomic E-state index is 0.267. The van der Waals surface area contributed by atoms with Gasteiger partial charge in [-0.15, -0.1) is 0 Å². The quantitative estimate of drug-likeness (QED) is 0.522. The molecule has 2 N–H and O–H groups in total. The second kappa shape index (κ2) is 13.0. The largest absolute Gasteiger partial charge is 0.478 e. The van der Waals surface area contributed by atoms with E-state index in [0.29, 0.717) is 25.3 Å². The molecular formula is C22H23N3O7S. The molecule has 0 aliphatic carbocycles. The lowest BCUT2D eigenvalue weighted by molar-refractivity contribution is -0.134. The molecular weight excluding hydrogens is 450 g/mol. The smallest absolute Gasteiger partial charge is 0.328 e. The van der Waals surface area contributed by atoms with Gasteiger partial charge in [-0.05, 0) is 29.5 Å². The van der Waals surface area contributed by atoms with Gasteiger partial charge in [0, 0.05) is 31.9 Å². The van der Waals surface area contributed by atoms with Crippen molar-refractivity contribution in [1.29, 1.82) is 0 Å². The molecule has 0 bridgehead atoms. The molecule has 1 atom stereocenters. The maximum absolute atomic E-state index is 12.4. The average molecular weight is 474 g/mol. The van der Waals surface area contributed by atoms with E-state index in [1.807, 2.05) is 60.5 Å². The summed E-state index contributed by atoms with van der Waals surface area (Å²) in [6, 6.07) is 15.1. The molecule has 0 saturated carbocycles. The summed E-state index contributed by atoms with van der Waals surface area (Å²) in [5, 5.41) is 15.4. The first-order valence-corrected chi connectivity index (χ1v) is 10.6. The van der Waals surface area contributed by atoms with Crippen LogP contribution in [0, 0.1) is 0 Å². The van der Waals surface area contributed by atoms with Crippen molar-refractivity contribution in [3.8, 4) is 0 Å². The number of hydrogen-bond donors (Lipinski definition) is 2. The summed E-state index contributed by atoms with van der Waals surface area (Å²) >= 11 is 0.930. The van der Waals surface area contributed by atoms with Gasteiger partial charge < -0.3 is 19.8 Å². The molecule has 1 unspecified atom stereocenters. The molecule has 0 spiro atoms. The van der Waals surface area contributed by atoms with Gasteiger partial charge in [0.2, 0.25) is 0 Å². The zero-order chi connectivity index (χ0) is 24.2. The van der Waals surface area contributed by atoms with Gasteiger partial charge in [0.05, 0.1) is 13.2 Å². The summed E-state index contributed by atoms with van der Waals surface area (Å²) in [6.45, 7) is 1.19. The standard InChI is InChI=1S/C18H19N3O3S.C4H4O4/c1-20(15-9-5-6-10-19-15)11-12-24-17-16(22)21(18(23)25-17)13-14-7-3-2-4-8-14;5-3(6)1-2-4(7)8/h2-10,17H,11-13H2,1H3;1-2H,(H,5,6)(H,7,8). The number of carboxylic acids is 2. The molecule has 0 radical (unpaired) electrons. The van der Waals surface area contributed by atoms with Gasteiger partial charge in [-0.25, -0.2) is 14.6 Å². The van der Waals surface area contributed by atoms with Crippen molar-refractivity contribution in [2.24, 2.45) is 0 Å². The highest BCUT2D eigenvalue weighted by Gasteiger charge is 2.40. The number of likely N-dealkylation sites (N-methyl/N-ethyl adjacent to an activating group) is 1. The van der Waals surface area contributed by atoms with E-state index in [1.54, 1.807) is 6.20 Å². The first-order valence-electron chi connectivity index (χ1n) is 9.71. The second-order valence-electron chi connectivity index (χ2n) is 6.62. The Hall–Kier alpha value is -3.70. The number of carbonyl (C=O) groups is 4. The molecule has 3 rings (SSSR count). The van der Waals surface area contributed by atoms with E-state index in [2.05, 4.69) is 4.98 Å². The Morgan fingerprint density at radius 3 is 2.30 bits per heavy atom. The number of ether oxygens (including phenoxy) is 1. The number of anilines is 1. The zero-order valence-corrected chi connectivity index (χ0v) is 18.6. The van der Waals surface area contributed by atoms with Gasteiger partial charge in [-0.3, -0.25) is 14.5 Å². The number of carbonyl (C=O) groups excluding carboxylic acids is 2. The van der Waals surface area contributed by atoms with Crippen molar-refractivity contribution >= 4 is 40.7 Å². The summed E-state index contributed by atoms with van der Waals surface area (Å²) in [5.74, 6) is -1.97. The van der Waals surface area contributed by atoms with Gasteiger partial charge in [0.25, 0.3) is 11.1 Å². The monoisotopic (exact) mass is 473 g/mol. The Balaban J connectivity index is 0.000000414. The molecule has 1 aliphatic rings. The first-order chi connectivity index (χ1) is 15.8. The van der Waals surface area contributed by atoms with E-state index in [4.69, 9.17) is 14.9 Å². The summed E-state index contributed by atoms with van der Waals surface area (Å²) in [4.78, 5) is 51.0. The molecule has 1 fully saturated rings. The minimum Gasteiger partial charge on any atom is -0.478 e. The molecule has 2 heterocycles. The molecule has 33 heavy (non-hydrogen) atoms. The summed E-state index contributed by atoms with van der Waals surface area (Å²) in [5.41, 5.74) is 0.147. The fourth-order valence-electron chi connectivity index (χ4n) is 2.57. The van der Waals surface area contributed by atoms with E-state index < -0.39 is 17.4 Å². The van der Waals surface area contributed by atoms with E-state index in [0.717, 1.165) is 23.1 Å². The fraction of sp³-hybridized carbons (Fsp3) is 0.227. The van der Waals surface area contributed by atoms with Crippen LogP contribution in [0.4, 0.5) is 10.6 Å². The first kappa shape index (κ1) is 25.6. The van der Waals surface area contributed by atoms with E-state index in [-0.39, 0.29) is 17.7 Å². The number of amides is 2. The van der Waals surface area contributed by atoms with Crippen molar-refractivity contribution < 1.29 is 34.1 Å². The maximum Gasteiger partial charge on any atom is 0.328 e. The normalized spacial score (nSPS) is 15.3. The SMILES string of the molecule is CN(CCOC1SC(=O)N(Cc2ccccc2)C1=O)c1ccccn1.O=C(O)C=CC(=O)O. The fourth-order valence-corrected chi connectivity index (χ4v) is 3.43. The molecule has 2 amide bonds. The Kier molecular flexibility index (Phi) is 10.1. The van der Waals surface area contributed by atoms with Crippen molar-refractivity contribution in [3.63, 3.8) is 0 Å². The van der Waals surface area contributed by atoms with Crippen LogP contribution in [0.5, 0.6) is 0 Å². The summed E-state index contributed by atoms with van der Waals surface area (Å²) in [7, 11) is 1.90. The third-order valence-corrected chi connectivity index (χ3v) is 5.16. The van der Waals surface area contributed by atoms with Crippen molar-refractivity contribution in [1.82, 2.24) is 9.88 Å². The van der Waals surface area contributed by atoms with Gasteiger partial charge in [-0.1, -0.05) is 36.4 Å². The van der Waals surface area contributed by atoms with Crippen LogP contribution in [0.1, 0.15) is 5.56 Å². The number of thioether (sulfide) groups is 1. The van der Waals surface area contributed by atoms with Gasteiger partial charge in [0.15, 0.2) is 5.44 Å². The topological polar surface area (TPSA) is 137 Å². The minimum atomic E-state index is -1.26. The number of pyridine rings is 1. The van der Waals surface area contributed by atoms with Crippen LogP contribution in [0.2, 0.25) is 0 Å². The highest BCUT2D eigenvalue weighted by Crippen LogP contribution is 2.29. The van der Waals surface area contributed by atoms with Crippen molar-refractivity contribution in [2.45, 2.75) is 12.0 Å². The van der Waals surface area contributed by atoms with Crippen LogP contribution in [-0.4, -0.2) is 68.8 Å². The third kappa shape index (κ3) is 8.75. The van der Waals surface area contributed by atoms with Crippen LogP contribution in [0.25, 0.3) is 0 Å². The predicted octanol–water partition coefficient (Wildman–Crippen LogP) is 2.47. The van der Waals surface area contributed by atoms with E-state index >= 15 is 0 Å². The molecule has 1 aliphatic heterocycles. The number of nitrogens with zero attached hydrogens (tertiary/aromatic N) is 3. The van der Waals surface area contributed by atoms with Gasteiger partial charge in [-0.2, -0.15) is 0 Å². The molecule has 10 nitrogen and oxygen atoms in total. The van der Waals surface area contributed by atoms with Crippen LogP contribution in [0.15, 0.2) is 66.9 Å². The van der Waals surface area contributed by atoms with Crippen LogP contribution >= 0.6 is 11.8 Å². The van der Waals surface area contributed by atoms with Crippen molar-refractivity contribution in [3.05, 3.63) is 72.4 Å². The predicted molar refractivity (Wildman–Crippen MR) is 122 cm³/mol. The number of aromatic nitrogens is 1. The number of aliphatic carboxylic acids is 2. The molecule has 1 saturated heterocycles. The summed E-state index contributed by atoms with van der Waals surface area (Å²) in [6.07, 6.45) is 2.84. The van der Waals surface area contributed by atoms with Gasteiger partial charge >= 0.3 is 11.9 Å². The Morgan fingerprint density at radius 2 is 1.73 bits per heavy atom. The summed E-state index contributed by atoms with van der Waals surface area (Å²) < 4.78 is 5.63. The molecule has 2 aromatic rings. The Labute approximate surface area is 194 Å². The Morgan fingerprint density at radius 1 is 1.09 bits per heavy atom. The zero-order valence-electron chi connectivity index (χ0n) is 17.7. The van der Waals surface area contributed by atoms with E-state index in [1.165, 1.54) is 4.90 Å². The lowest BCUT2D eigenvalue weighted by atomic mass is 10.2. The number of benzene rings is 1. The number of imide groups is 1. The lowest BCUT2D eigenvalue weighted by Gasteiger charge is -2.19. The third-order valence-electron chi connectivity index (χ3n) is 4.18. The molecule has 174 valence electrons. The average Bonchev–Trinajstić information content (AvgIpc) is 3.07. The molecule has 1 aromatic carbocycles. The van der Waals surface area contributed by atoms with Crippen molar-refractivity contribution in [2.75, 3.05) is 25.1 Å². The number of carboxylic acid groups (broad SMARTS) is 2. The van der Waals surface area contributed by atoms with Gasteiger partial charge in [0.1, 0.15) is 5.82 Å². The lowest BCUT2D eigenvalue weighted by Crippen LogP contribution is -2.33. The van der Waals surface area contributed by atoms with E-state index in [9.17, 15) is 19.2 Å². The molecule has 1 aromatic heterocycles. The number of hydrogen-bond acceptors (Lipinski definition) is 8. The van der Waals surface area contributed by atoms with Crippen LogP contribution < -0.4 is 4.90 Å². The highest BCUT2D eigenvalue weighted by molar-refractivity contribution is 8.15. The van der Waals surface area contributed by atoms with Crippen LogP contribution in [-0.2, 0) is 25.7 Å². The van der Waals surface area contributed by atoms with Crippen LogP contribution in [0.3, 0.4) is 0 Å².